The average molecular weight is 461 g/mol. The Labute approximate surface area is 190 Å². The van der Waals surface area contributed by atoms with Gasteiger partial charge in [-0.05, 0) is 29.9 Å². The van der Waals surface area contributed by atoms with Crippen molar-refractivity contribution in [3.05, 3.63) is 52.6 Å². The lowest BCUT2D eigenvalue weighted by molar-refractivity contribution is 0.103. The number of ether oxygens (including phenoxy) is 3. The molecule has 1 unspecified atom stereocenters. The minimum Gasteiger partial charge on any atom is -0.496 e. The summed E-state index contributed by atoms with van der Waals surface area (Å²) in [6.45, 7) is 7.58. The third kappa shape index (κ3) is 4.91. The molecule has 0 aliphatic heterocycles. The molecule has 0 aliphatic carbocycles. The van der Waals surface area contributed by atoms with E-state index < -0.39 is 18.2 Å². The van der Waals surface area contributed by atoms with Crippen molar-refractivity contribution in [1.82, 2.24) is 0 Å². The molecule has 0 fully saturated rings. The first-order valence-electron chi connectivity index (χ1n) is 10.8. The van der Waals surface area contributed by atoms with Gasteiger partial charge in [-0.2, -0.15) is 0 Å². The highest BCUT2D eigenvalue weighted by Gasteiger charge is 2.45. The lowest BCUT2D eigenvalue weighted by atomic mass is 9.98. The zero-order valence-electron chi connectivity index (χ0n) is 20.0. The highest BCUT2D eigenvalue weighted by Crippen LogP contribution is 2.56. The van der Waals surface area contributed by atoms with Crippen LogP contribution in [0.25, 0.3) is 0 Å². The van der Waals surface area contributed by atoms with E-state index in [2.05, 4.69) is 0 Å². The SMILES string of the molecule is CCc1cccc(CC)c1C(=O)P(=O)(CC(C)C)C(=O)c1c(OC)cc(OC)cc1OC. The predicted molar refractivity (Wildman–Crippen MR) is 127 cm³/mol. The molecular formula is C25H33O6P. The fourth-order valence-corrected chi connectivity index (χ4v) is 6.64. The largest absolute Gasteiger partial charge is 0.496 e. The zero-order chi connectivity index (χ0) is 24.1. The van der Waals surface area contributed by atoms with Crippen molar-refractivity contribution in [2.75, 3.05) is 27.5 Å². The van der Waals surface area contributed by atoms with Crippen molar-refractivity contribution in [3.8, 4) is 17.2 Å². The van der Waals surface area contributed by atoms with Crippen LogP contribution in [0.2, 0.25) is 0 Å². The number of rotatable bonds is 11. The Hall–Kier alpha value is -2.59. The first-order valence-corrected chi connectivity index (χ1v) is 12.7. The normalized spacial score (nSPS) is 12.9. The number of carbonyl (C=O) groups excluding carboxylic acids is 2. The molecule has 1 atom stereocenters. The molecule has 0 aliphatic rings. The first kappa shape index (κ1) is 25.7. The fourth-order valence-electron chi connectivity index (χ4n) is 3.87. The topological polar surface area (TPSA) is 78.9 Å². The third-order valence-electron chi connectivity index (χ3n) is 5.42. The van der Waals surface area contributed by atoms with Gasteiger partial charge in [0.25, 0.3) is 0 Å². The molecule has 2 aromatic carbocycles. The van der Waals surface area contributed by atoms with E-state index in [0.717, 1.165) is 11.1 Å². The highest BCUT2D eigenvalue weighted by molar-refractivity contribution is 7.95. The first-order chi connectivity index (χ1) is 15.2. The summed E-state index contributed by atoms with van der Waals surface area (Å²) in [6.07, 6.45) is 1.16. The summed E-state index contributed by atoms with van der Waals surface area (Å²) < 4.78 is 30.5. The van der Waals surface area contributed by atoms with Gasteiger partial charge in [0.1, 0.15) is 22.8 Å². The van der Waals surface area contributed by atoms with Crippen molar-refractivity contribution in [1.29, 1.82) is 0 Å². The summed E-state index contributed by atoms with van der Waals surface area (Å²) in [5.74, 6) is 0.595. The van der Waals surface area contributed by atoms with E-state index in [0.29, 0.717) is 24.2 Å². The standard InChI is InChI=1S/C25H33O6P/c1-8-17-11-10-12-18(9-2)22(17)24(26)32(28,15-16(3)4)25(27)23-20(30-6)13-19(29-5)14-21(23)31-7/h10-14,16H,8-9,15H2,1-7H3. The maximum absolute atomic E-state index is 14.4. The van der Waals surface area contributed by atoms with Crippen molar-refractivity contribution in [3.63, 3.8) is 0 Å². The van der Waals surface area contributed by atoms with E-state index in [1.165, 1.54) is 33.5 Å². The van der Waals surface area contributed by atoms with E-state index in [4.69, 9.17) is 14.2 Å². The van der Waals surface area contributed by atoms with E-state index in [1.807, 2.05) is 45.9 Å². The Morgan fingerprint density at radius 3 is 1.69 bits per heavy atom. The Morgan fingerprint density at radius 1 is 0.844 bits per heavy atom. The second-order valence-electron chi connectivity index (χ2n) is 7.99. The van der Waals surface area contributed by atoms with Gasteiger partial charge in [0.15, 0.2) is 0 Å². The summed E-state index contributed by atoms with van der Waals surface area (Å²) in [4.78, 5) is 27.8. The van der Waals surface area contributed by atoms with Gasteiger partial charge in [-0.1, -0.05) is 45.9 Å². The molecule has 0 radical (unpaired) electrons. The minimum atomic E-state index is -4.06. The van der Waals surface area contributed by atoms with Crippen LogP contribution in [0.1, 0.15) is 59.5 Å². The third-order valence-corrected chi connectivity index (χ3v) is 8.42. The highest BCUT2D eigenvalue weighted by atomic mass is 31.2. The summed E-state index contributed by atoms with van der Waals surface area (Å²) in [5.41, 5.74) is 0.645. The fraction of sp³-hybridized carbons (Fsp3) is 0.440. The van der Waals surface area contributed by atoms with Crippen LogP contribution in [0.4, 0.5) is 0 Å². The molecule has 0 aromatic heterocycles. The smallest absolute Gasteiger partial charge is 0.236 e. The number of benzene rings is 2. The second-order valence-corrected chi connectivity index (χ2v) is 10.6. The molecule has 2 aromatic rings. The van der Waals surface area contributed by atoms with Crippen LogP contribution in [0.15, 0.2) is 30.3 Å². The monoisotopic (exact) mass is 460 g/mol. The number of hydrogen-bond acceptors (Lipinski definition) is 6. The van der Waals surface area contributed by atoms with Crippen LogP contribution in [0.3, 0.4) is 0 Å². The molecule has 0 heterocycles. The number of carbonyl (C=O) groups is 2. The van der Waals surface area contributed by atoms with Gasteiger partial charge in [-0.3, -0.25) is 9.59 Å². The van der Waals surface area contributed by atoms with Crippen LogP contribution in [-0.4, -0.2) is 38.5 Å². The molecule has 0 bridgehead atoms. The number of aryl methyl sites for hydroxylation is 2. The molecule has 32 heavy (non-hydrogen) atoms. The molecule has 174 valence electrons. The van der Waals surface area contributed by atoms with Gasteiger partial charge < -0.3 is 18.8 Å². The molecule has 0 saturated heterocycles. The molecule has 0 N–H and O–H groups in total. The Bertz CT molecular complexity index is 993. The second kappa shape index (κ2) is 10.8. The molecule has 2 rings (SSSR count). The van der Waals surface area contributed by atoms with Gasteiger partial charge in [0.05, 0.1) is 21.3 Å². The molecule has 0 amide bonds. The molecule has 0 saturated carbocycles. The van der Waals surface area contributed by atoms with Gasteiger partial charge in [0, 0.05) is 23.9 Å². The molecular weight excluding hydrogens is 427 g/mol. The summed E-state index contributed by atoms with van der Waals surface area (Å²) >= 11 is 0. The van der Waals surface area contributed by atoms with Crippen LogP contribution >= 0.6 is 7.14 Å². The molecule has 0 spiro atoms. The quantitative estimate of drug-likeness (QED) is 0.392. The maximum Gasteiger partial charge on any atom is 0.236 e. The van der Waals surface area contributed by atoms with Gasteiger partial charge in [-0.25, -0.2) is 0 Å². The Morgan fingerprint density at radius 2 is 1.31 bits per heavy atom. The number of methoxy groups -OCH3 is 3. The molecule has 7 heteroatoms. The Kier molecular flexibility index (Phi) is 8.68. The van der Waals surface area contributed by atoms with E-state index >= 15 is 0 Å². The van der Waals surface area contributed by atoms with Crippen molar-refractivity contribution >= 4 is 18.2 Å². The Balaban J connectivity index is 2.79. The number of hydrogen-bond donors (Lipinski definition) is 0. The van der Waals surface area contributed by atoms with Crippen molar-refractivity contribution in [2.24, 2.45) is 5.92 Å². The zero-order valence-corrected chi connectivity index (χ0v) is 20.9. The summed E-state index contributed by atoms with van der Waals surface area (Å²) in [7, 11) is 0.228. The van der Waals surface area contributed by atoms with E-state index in [-0.39, 0.29) is 29.1 Å². The van der Waals surface area contributed by atoms with Crippen LogP contribution in [0.5, 0.6) is 17.2 Å². The average Bonchev–Trinajstić information content (AvgIpc) is 2.80. The van der Waals surface area contributed by atoms with Crippen LogP contribution in [-0.2, 0) is 17.4 Å². The summed E-state index contributed by atoms with van der Waals surface area (Å²) in [6, 6.07) is 8.64. The van der Waals surface area contributed by atoms with Crippen LogP contribution in [0, 0.1) is 5.92 Å². The lowest BCUT2D eigenvalue weighted by Crippen LogP contribution is -2.19. The van der Waals surface area contributed by atoms with Crippen molar-refractivity contribution < 1.29 is 28.4 Å². The van der Waals surface area contributed by atoms with Gasteiger partial charge >= 0.3 is 0 Å². The maximum atomic E-state index is 14.4. The van der Waals surface area contributed by atoms with Crippen molar-refractivity contribution in [2.45, 2.75) is 40.5 Å². The summed E-state index contributed by atoms with van der Waals surface area (Å²) in [5, 5.41) is 0. The van der Waals surface area contributed by atoms with Gasteiger partial charge in [0.2, 0.25) is 18.2 Å². The molecule has 6 nitrogen and oxygen atoms in total. The lowest BCUT2D eigenvalue weighted by Gasteiger charge is -2.23. The van der Waals surface area contributed by atoms with Gasteiger partial charge in [-0.15, -0.1) is 0 Å². The van der Waals surface area contributed by atoms with Crippen LogP contribution < -0.4 is 14.2 Å². The predicted octanol–water partition coefficient (Wildman–Crippen LogP) is 5.84. The van der Waals surface area contributed by atoms with E-state index in [9.17, 15) is 14.2 Å². The minimum absolute atomic E-state index is 0.000149. The van der Waals surface area contributed by atoms with E-state index in [1.54, 1.807) is 0 Å².